The van der Waals surface area contributed by atoms with Crippen LogP contribution in [0.1, 0.15) is 5.82 Å². The zero-order valence-corrected chi connectivity index (χ0v) is 17.0. The topological polar surface area (TPSA) is 63.4 Å². The fourth-order valence-electron chi connectivity index (χ4n) is 3.07. The number of halogens is 2. The van der Waals surface area contributed by atoms with Gasteiger partial charge in [0.2, 0.25) is 10.0 Å². The van der Waals surface area contributed by atoms with E-state index in [1.807, 2.05) is 16.4 Å². The lowest BCUT2D eigenvalue weighted by Crippen LogP contribution is -2.49. The second kappa shape index (κ2) is 8.19. The van der Waals surface area contributed by atoms with Crippen molar-refractivity contribution in [3.8, 4) is 0 Å². The molecular weight excluding hydrogens is 408 g/mol. The molecule has 0 N–H and O–H groups in total. The highest BCUT2D eigenvalue weighted by atomic mass is 32.2. The summed E-state index contributed by atoms with van der Waals surface area (Å²) in [6, 6.07) is 2.61. The van der Waals surface area contributed by atoms with Crippen molar-refractivity contribution >= 4 is 22.2 Å². The van der Waals surface area contributed by atoms with E-state index in [9.17, 15) is 17.2 Å². The molecule has 7 nitrogen and oxygen atoms in total. The fraction of sp³-hybridized carbons (Fsp3) is 0.412. The minimum absolute atomic E-state index is 0.237. The molecule has 28 heavy (non-hydrogen) atoms. The lowest BCUT2D eigenvalue weighted by atomic mass is 10.3. The number of hydrogen-bond donors (Lipinski definition) is 0. The third-order valence-electron chi connectivity index (χ3n) is 4.61. The Hall–Kier alpha value is -1.95. The third kappa shape index (κ3) is 4.07. The van der Waals surface area contributed by atoms with Crippen LogP contribution in [0, 0.1) is 23.3 Å². The molecule has 1 aliphatic rings. The van der Waals surface area contributed by atoms with Crippen molar-refractivity contribution in [3.05, 3.63) is 53.1 Å². The maximum absolute atomic E-state index is 13.4. The van der Waals surface area contributed by atoms with Crippen molar-refractivity contribution in [2.24, 2.45) is 0 Å². The van der Waals surface area contributed by atoms with E-state index in [4.69, 9.17) is 12.2 Å². The van der Waals surface area contributed by atoms with Crippen LogP contribution in [0.3, 0.4) is 0 Å². The monoisotopic (exact) mass is 429 g/mol. The molecule has 11 heteroatoms. The van der Waals surface area contributed by atoms with Crippen LogP contribution in [-0.4, -0.2) is 58.1 Å². The summed E-state index contributed by atoms with van der Waals surface area (Å²) in [6.07, 6.45) is 1.75. The number of hydrogen-bond acceptors (Lipinski definition) is 5. The quantitative estimate of drug-likeness (QED) is 0.520. The first-order valence-electron chi connectivity index (χ1n) is 8.66. The predicted molar refractivity (Wildman–Crippen MR) is 103 cm³/mol. The van der Waals surface area contributed by atoms with Crippen LogP contribution in [-0.2, 0) is 23.2 Å². The van der Waals surface area contributed by atoms with E-state index >= 15 is 0 Å². The highest BCUT2D eigenvalue weighted by Gasteiger charge is 2.29. The first-order valence-corrected chi connectivity index (χ1v) is 10.5. The minimum Gasteiger partial charge on any atom is -0.300 e. The van der Waals surface area contributed by atoms with E-state index < -0.39 is 21.7 Å². The Kier molecular flexibility index (Phi) is 6.08. The SMILES string of the molecule is C=CCn1c(C)nn(CN2CCN(S(=O)(=O)c3ccc(F)c(F)c3)CC2)c1=S. The van der Waals surface area contributed by atoms with Gasteiger partial charge in [-0.25, -0.2) is 21.9 Å². The lowest BCUT2D eigenvalue weighted by Gasteiger charge is -2.33. The van der Waals surface area contributed by atoms with Crippen molar-refractivity contribution in [2.45, 2.75) is 25.0 Å². The van der Waals surface area contributed by atoms with Gasteiger partial charge in [-0.15, -0.1) is 6.58 Å². The van der Waals surface area contributed by atoms with Crippen LogP contribution >= 0.6 is 12.2 Å². The van der Waals surface area contributed by atoms with Crippen LogP contribution < -0.4 is 0 Å². The van der Waals surface area contributed by atoms with Gasteiger partial charge >= 0.3 is 0 Å². The molecule has 0 unspecified atom stereocenters. The molecule has 2 aromatic rings. The number of allylic oxidation sites excluding steroid dienone is 1. The maximum Gasteiger partial charge on any atom is 0.243 e. The first kappa shape index (κ1) is 20.8. The van der Waals surface area contributed by atoms with Gasteiger partial charge in [-0.2, -0.15) is 9.40 Å². The number of rotatable bonds is 6. The van der Waals surface area contributed by atoms with Crippen molar-refractivity contribution in [3.63, 3.8) is 0 Å². The van der Waals surface area contributed by atoms with Gasteiger partial charge in [0.1, 0.15) is 5.82 Å². The molecule has 0 bridgehead atoms. The molecule has 0 atom stereocenters. The second-order valence-electron chi connectivity index (χ2n) is 6.47. The van der Waals surface area contributed by atoms with Gasteiger partial charge in [0.25, 0.3) is 0 Å². The summed E-state index contributed by atoms with van der Waals surface area (Å²) in [6.45, 7) is 8.01. The van der Waals surface area contributed by atoms with E-state index in [1.165, 1.54) is 4.31 Å². The Morgan fingerprint density at radius 3 is 2.50 bits per heavy atom. The van der Waals surface area contributed by atoms with Crippen LogP contribution in [0.15, 0.2) is 35.7 Å². The molecule has 1 aromatic carbocycles. The number of aromatic nitrogens is 3. The Morgan fingerprint density at radius 1 is 1.21 bits per heavy atom. The molecular formula is C17H21F2N5O2S2. The number of aryl methyl sites for hydroxylation is 1. The summed E-state index contributed by atoms with van der Waals surface area (Å²) in [7, 11) is -3.87. The summed E-state index contributed by atoms with van der Waals surface area (Å²) in [5, 5.41) is 4.43. The van der Waals surface area contributed by atoms with Crippen molar-refractivity contribution < 1.29 is 17.2 Å². The molecule has 1 fully saturated rings. The molecule has 1 saturated heterocycles. The van der Waals surface area contributed by atoms with Crippen molar-refractivity contribution in [1.82, 2.24) is 23.6 Å². The molecule has 1 aromatic heterocycles. The highest BCUT2D eigenvalue weighted by molar-refractivity contribution is 7.89. The van der Waals surface area contributed by atoms with Gasteiger partial charge in [0.15, 0.2) is 16.4 Å². The Morgan fingerprint density at radius 2 is 1.89 bits per heavy atom. The second-order valence-corrected chi connectivity index (χ2v) is 8.77. The Labute approximate surface area is 167 Å². The van der Waals surface area contributed by atoms with Crippen molar-refractivity contribution in [2.75, 3.05) is 26.2 Å². The lowest BCUT2D eigenvalue weighted by molar-refractivity contribution is 0.144. The smallest absolute Gasteiger partial charge is 0.243 e. The van der Waals surface area contributed by atoms with Gasteiger partial charge < -0.3 is 4.57 Å². The summed E-state index contributed by atoms with van der Waals surface area (Å²) in [5.41, 5.74) is 0. The molecule has 0 radical (unpaired) electrons. The summed E-state index contributed by atoms with van der Waals surface area (Å²) in [5.74, 6) is -1.48. The van der Waals surface area contributed by atoms with Gasteiger partial charge in [-0.3, -0.25) is 4.90 Å². The van der Waals surface area contributed by atoms with Crippen LogP contribution in [0.5, 0.6) is 0 Å². The normalized spacial score (nSPS) is 16.4. The number of piperazine rings is 1. The van der Waals surface area contributed by atoms with E-state index in [2.05, 4.69) is 11.7 Å². The van der Waals surface area contributed by atoms with E-state index in [0.717, 1.165) is 18.0 Å². The fourth-order valence-corrected chi connectivity index (χ4v) is 4.81. The molecule has 0 amide bonds. The highest BCUT2D eigenvalue weighted by Crippen LogP contribution is 2.20. The van der Waals surface area contributed by atoms with Crippen LogP contribution in [0.25, 0.3) is 0 Å². The van der Waals surface area contributed by atoms with Gasteiger partial charge in [0.05, 0.1) is 11.6 Å². The zero-order valence-electron chi connectivity index (χ0n) is 15.4. The van der Waals surface area contributed by atoms with E-state index in [1.54, 1.807) is 10.8 Å². The standard InChI is InChI=1S/C17H21F2N5O2S2/c1-3-6-23-13(2)20-24(17(23)27)12-21-7-9-22(10-8-21)28(25,26)14-4-5-15(18)16(19)11-14/h3-5,11H,1,6-10,12H2,2H3. The first-order chi connectivity index (χ1) is 13.2. The molecule has 152 valence electrons. The van der Waals surface area contributed by atoms with Gasteiger partial charge in [0, 0.05) is 32.7 Å². The maximum atomic E-state index is 13.4. The van der Waals surface area contributed by atoms with Crippen LogP contribution in [0.4, 0.5) is 8.78 Å². The largest absolute Gasteiger partial charge is 0.300 e. The summed E-state index contributed by atoms with van der Waals surface area (Å²) in [4.78, 5) is 1.79. The third-order valence-corrected chi connectivity index (χ3v) is 6.94. The summed E-state index contributed by atoms with van der Waals surface area (Å²) >= 11 is 5.43. The van der Waals surface area contributed by atoms with Gasteiger partial charge in [-0.05, 0) is 37.3 Å². The molecule has 0 aliphatic carbocycles. The average Bonchev–Trinajstić information content (AvgIpc) is 2.92. The Bertz CT molecular complexity index is 1040. The molecule has 3 rings (SSSR count). The van der Waals surface area contributed by atoms with Crippen LogP contribution in [0.2, 0.25) is 0 Å². The molecule has 0 spiro atoms. The minimum atomic E-state index is -3.87. The van der Waals surface area contributed by atoms with Gasteiger partial charge in [-0.1, -0.05) is 6.08 Å². The van der Waals surface area contributed by atoms with Crippen molar-refractivity contribution in [1.29, 1.82) is 0 Å². The predicted octanol–water partition coefficient (Wildman–Crippen LogP) is 2.15. The average molecular weight is 430 g/mol. The summed E-state index contributed by atoms with van der Waals surface area (Å²) < 4.78 is 57.2. The number of benzene rings is 1. The number of sulfonamides is 1. The van der Waals surface area contributed by atoms with E-state index in [-0.39, 0.29) is 18.0 Å². The zero-order chi connectivity index (χ0) is 20.5. The molecule has 1 aliphatic heterocycles. The molecule has 0 saturated carbocycles. The molecule has 2 heterocycles. The van der Waals surface area contributed by atoms with E-state index in [0.29, 0.717) is 37.1 Å². The Balaban J connectivity index is 1.67. The number of nitrogens with zero attached hydrogens (tertiary/aromatic N) is 5.